The molecular weight excluding hydrogens is 530 g/mol. The van der Waals surface area contributed by atoms with Gasteiger partial charge in [0.15, 0.2) is 0 Å². The molecule has 0 spiro atoms. The van der Waals surface area contributed by atoms with Crippen molar-refractivity contribution in [2.45, 2.75) is 49.1 Å². The summed E-state index contributed by atoms with van der Waals surface area (Å²) in [4.78, 5) is 14.4. The summed E-state index contributed by atoms with van der Waals surface area (Å²) in [6.07, 6.45) is 6.08. The van der Waals surface area contributed by atoms with Crippen LogP contribution in [0.25, 0.3) is 6.08 Å². The van der Waals surface area contributed by atoms with E-state index in [4.69, 9.17) is 16.7 Å². The van der Waals surface area contributed by atoms with E-state index < -0.39 is 16.1 Å². The van der Waals surface area contributed by atoms with Crippen LogP contribution in [0.3, 0.4) is 0 Å². The van der Waals surface area contributed by atoms with E-state index in [9.17, 15) is 13.2 Å². The van der Waals surface area contributed by atoms with Gasteiger partial charge in [-0.3, -0.25) is 4.79 Å². The minimum atomic E-state index is -3.87. The Hall–Kier alpha value is -3.26. The van der Waals surface area contributed by atoms with Gasteiger partial charge in [-0.25, -0.2) is 13.4 Å². The Bertz CT molecular complexity index is 1520. The molecule has 0 aromatic heterocycles. The van der Waals surface area contributed by atoms with E-state index >= 15 is 0 Å². The number of carbonyl (C=O) groups excluding carboxylic acids is 1. The number of rotatable bonds is 5. The first-order chi connectivity index (χ1) is 18.9. The minimum Gasteiger partial charge on any atom is -0.271 e. The van der Waals surface area contributed by atoms with Crippen LogP contribution >= 0.6 is 11.6 Å². The number of sulfonamides is 1. The monoisotopic (exact) mass is 559 g/mol. The highest BCUT2D eigenvalue weighted by Crippen LogP contribution is 2.45. The van der Waals surface area contributed by atoms with Crippen LogP contribution in [0.1, 0.15) is 49.3 Å². The molecule has 0 unspecified atom stereocenters. The van der Waals surface area contributed by atoms with Gasteiger partial charge in [-0.05, 0) is 79.1 Å². The number of nitrogens with zero attached hydrogens (tertiary/aromatic N) is 3. The molecule has 0 N–H and O–H groups in total. The van der Waals surface area contributed by atoms with Crippen LogP contribution in [-0.2, 0) is 14.8 Å². The Balaban J connectivity index is 1.38. The molecule has 0 bridgehead atoms. The van der Waals surface area contributed by atoms with Crippen molar-refractivity contribution in [2.75, 3.05) is 6.54 Å². The topological polar surface area (TPSA) is 70.1 Å². The van der Waals surface area contributed by atoms with Gasteiger partial charge in [0.2, 0.25) is 10.0 Å². The van der Waals surface area contributed by atoms with Crippen LogP contribution in [0.2, 0.25) is 5.02 Å². The van der Waals surface area contributed by atoms with E-state index in [0.29, 0.717) is 24.4 Å². The van der Waals surface area contributed by atoms with Crippen molar-refractivity contribution in [1.82, 2.24) is 9.31 Å². The lowest BCUT2D eigenvalue weighted by Crippen LogP contribution is -2.46. The zero-order valence-electron chi connectivity index (χ0n) is 21.5. The number of hydrogen-bond donors (Lipinski definition) is 0. The molecular formula is C31H30ClN3O3S. The summed E-state index contributed by atoms with van der Waals surface area (Å²) in [5.41, 5.74) is 4.21. The highest BCUT2D eigenvalue weighted by atomic mass is 35.5. The molecule has 2 aliphatic heterocycles. The number of amides is 1. The van der Waals surface area contributed by atoms with Crippen LogP contribution in [0.15, 0.2) is 100 Å². The normalized spacial score (nSPS) is 24.5. The second kappa shape index (κ2) is 10.7. The summed E-state index contributed by atoms with van der Waals surface area (Å²) in [6.45, 7) is 0.296. The number of hydrogen-bond acceptors (Lipinski definition) is 4. The zero-order chi connectivity index (χ0) is 27.0. The predicted molar refractivity (Wildman–Crippen MR) is 154 cm³/mol. The van der Waals surface area contributed by atoms with Crippen LogP contribution < -0.4 is 0 Å². The largest absolute Gasteiger partial charge is 0.271 e. The lowest BCUT2D eigenvalue weighted by molar-refractivity contribution is -0.137. The molecule has 6 nitrogen and oxygen atoms in total. The van der Waals surface area contributed by atoms with Crippen LogP contribution in [0.4, 0.5) is 0 Å². The third kappa shape index (κ3) is 4.95. The third-order valence-electron chi connectivity index (χ3n) is 7.92. The Morgan fingerprint density at radius 2 is 1.59 bits per heavy atom. The first kappa shape index (κ1) is 26.0. The van der Waals surface area contributed by atoms with Crippen molar-refractivity contribution in [3.63, 3.8) is 0 Å². The standard InChI is InChI=1S/C31H30ClN3O3S/c32-25-16-18-26(19-17-25)39(37,38)34-20-8-15-28(34)31(36)35-30(23-11-5-2-6-12-23)27-14-7-13-24(29(27)33-35)21-22-9-3-1-4-10-22/h1-6,9-12,16-19,21,27-28,30H,7-8,13-15,20H2/b24-21-/t27-,28-,30+/m0/s1. The first-order valence-corrected chi connectivity index (χ1v) is 15.3. The molecule has 0 radical (unpaired) electrons. The molecule has 1 amide bonds. The van der Waals surface area contributed by atoms with E-state index in [2.05, 4.69) is 18.2 Å². The Morgan fingerprint density at radius 3 is 2.31 bits per heavy atom. The van der Waals surface area contributed by atoms with Crippen molar-refractivity contribution in [2.24, 2.45) is 11.0 Å². The number of allylic oxidation sites excluding steroid dienone is 1. The van der Waals surface area contributed by atoms with E-state index in [1.165, 1.54) is 16.4 Å². The lowest BCUT2D eigenvalue weighted by atomic mass is 9.77. The second-order valence-corrected chi connectivity index (χ2v) is 12.7. The van der Waals surface area contributed by atoms with Gasteiger partial charge in [0, 0.05) is 17.5 Å². The summed E-state index contributed by atoms with van der Waals surface area (Å²) in [5, 5.41) is 7.04. The summed E-state index contributed by atoms with van der Waals surface area (Å²) < 4.78 is 28.6. The van der Waals surface area contributed by atoms with E-state index in [0.717, 1.165) is 41.7 Å². The molecule has 6 rings (SSSR count). The van der Waals surface area contributed by atoms with Crippen molar-refractivity contribution in [3.8, 4) is 0 Å². The molecule has 1 aliphatic carbocycles. The molecule has 1 saturated heterocycles. The highest BCUT2D eigenvalue weighted by Gasteiger charge is 2.48. The molecule has 1 saturated carbocycles. The number of benzene rings is 3. The van der Waals surface area contributed by atoms with Gasteiger partial charge < -0.3 is 0 Å². The number of fused-ring (bicyclic) bond motifs is 1. The second-order valence-electron chi connectivity index (χ2n) is 10.3. The summed E-state index contributed by atoms with van der Waals surface area (Å²) in [6, 6.07) is 25.2. The van der Waals surface area contributed by atoms with Crippen LogP contribution in [0, 0.1) is 5.92 Å². The van der Waals surface area contributed by atoms with E-state index in [-0.39, 0.29) is 22.8 Å². The fraction of sp³-hybridized carbons (Fsp3) is 0.290. The van der Waals surface area contributed by atoms with Crippen LogP contribution in [0.5, 0.6) is 0 Å². The van der Waals surface area contributed by atoms with Gasteiger partial charge in [-0.1, -0.05) is 72.3 Å². The Kier molecular flexibility index (Phi) is 7.14. The predicted octanol–water partition coefficient (Wildman–Crippen LogP) is 6.32. The summed E-state index contributed by atoms with van der Waals surface area (Å²) >= 11 is 6.00. The first-order valence-electron chi connectivity index (χ1n) is 13.4. The van der Waals surface area contributed by atoms with Gasteiger partial charge in [0.1, 0.15) is 6.04 Å². The SMILES string of the molecule is O=C([C@@H]1CCCN1S(=O)(=O)c1ccc(Cl)cc1)N1N=C2/C(=C\c3ccccc3)CCC[C@@H]2[C@H]1c1ccccc1. The number of carbonyl (C=O) groups is 1. The summed E-state index contributed by atoms with van der Waals surface area (Å²) in [7, 11) is -3.87. The van der Waals surface area contributed by atoms with Gasteiger partial charge in [0.05, 0.1) is 16.6 Å². The molecule has 200 valence electrons. The Labute approximate surface area is 234 Å². The quantitative estimate of drug-likeness (QED) is 0.367. The summed E-state index contributed by atoms with van der Waals surface area (Å²) in [5.74, 6) is -0.206. The van der Waals surface area contributed by atoms with Crippen molar-refractivity contribution in [3.05, 3.63) is 107 Å². The molecule has 8 heteroatoms. The van der Waals surface area contributed by atoms with E-state index in [1.807, 2.05) is 48.5 Å². The maximum Gasteiger partial charge on any atom is 0.261 e. The third-order valence-corrected chi connectivity index (χ3v) is 10.1. The number of halogens is 1. The fourth-order valence-corrected chi connectivity index (χ4v) is 7.86. The minimum absolute atomic E-state index is 0.0581. The molecule has 3 aromatic carbocycles. The molecule has 3 atom stereocenters. The average Bonchev–Trinajstić information content (AvgIpc) is 3.61. The van der Waals surface area contributed by atoms with Gasteiger partial charge in [0.25, 0.3) is 5.91 Å². The van der Waals surface area contributed by atoms with Crippen molar-refractivity contribution in [1.29, 1.82) is 0 Å². The highest BCUT2D eigenvalue weighted by molar-refractivity contribution is 7.89. The fourth-order valence-electron chi connectivity index (χ4n) is 6.09. The lowest BCUT2D eigenvalue weighted by Gasteiger charge is -2.32. The molecule has 39 heavy (non-hydrogen) atoms. The maximum absolute atomic E-state index is 14.3. The van der Waals surface area contributed by atoms with Gasteiger partial charge in [-0.15, -0.1) is 0 Å². The van der Waals surface area contributed by atoms with Crippen LogP contribution in [-0.4, -0.2) is 41.9 Å². The molecule has 2 heterocycles. The zero-order valence-corrected chi connectivity index (χ0v) is 23.1. The molecule has 3 aliphatic rings. The molecule has 3 aromatic rings. The van der Waals surface area contributed by atoms with Gasteiger partial charge in [-0.2, -0.15) is 9.41 Å². The maximum atomic E-state index is 14.3. The van der Waals surface area contributed by atoms with Gasteiger partial charge >= 0.3 is 0 Å². The average molecular weight is 560 g/mol. The smallest absolute Gasteiger partial charge is 0.261 e. The van der Waals surface area contributed by atoms with E-state index in [1.54, 1.807) is 17.1 Å². The van der Waals surface area contributed by atoms with Crippen molar-refractivity contribution < 1.29 is 13.2 Å². The van der Waals surface area contributed by atoms with Crippen molar-refractivity contribution >= 4 is 39.3 Å². The molecule has 2 fully saturated rings. The Morgan fingerprint density at radius 1 is 0.897 bits per heavy atom. The number of hydrazone groups is 1.